The van der Waals surface area contributed by atoms with E-state index in [1.54, 1.807) is 13.0 Å². The van der Waals surface area contributed by atoms with Gasteiger partial charge in [0.05, 0.1) is 12.6 Å². The van der Waals surface area contributed by atoms with Crippen molar-refractivity contribution in [2.75, 3.05) is 0 Å². The molecule has 2 rings (SSSR count). The molecule has 2 N–H and O–H groups in total. The van der Waals surface area contributed by atoms with Crippen molar-refractivity contribution in [3.63, 3.8) is 0 Å². The number of rotatable bonds is 7. The Kier molecular flexibility index (Phi) is 5.43. The number of carbonyl (C=O) groups excluding carboxylic acids is 1. The summed E-state index contributed by atoms with van der Waals surface area (Å²) in [5.74, 6) is -0.642. The van der Waals surface area contributed by atoms with Gasteiger partial charge >= 0.3 is 5.97 Å². The van der Waals surface area contributed by atoms with Gasteiger partial charge in [-0.25, -0.2) is 4.79 Å². The lowest BCUT2D eigenvalue weighted by atomic mass is 10.2. The Morgan fingerprint density at radius 1 is 1.29 bits per heavy atom. The molecular formula is C17H23N3O4. The van der Waals surface area contributed by atoms with Gasteiger partial charge in [0, 0.05) is 5.69 Å². The molecule has 24 heavy (non-hydrogen) atoms. The van der Waals surface area contributed by atoms with Crippen LogP contribution < -0.4 is 5.32 Å². The van der Waals surface area contributed by atoms with E-state index >= 15 is 0 Å². The molecule has 0 fully saturated rings. The number of aromatic nitrogens is 2. The largest absolute Gasteiger partial charge is 0.478 e. The number of hydrogen-bond acceptors (Lipinski definition) is 4. The van der Waals surface area contributed by atoms with Gasteiger partial charge < -0.3 is 14.8 Å². The highest BCUT2D eigenvalue weighted by Crippen LogP contribution is 2.18. The third-order valence-electron chi connectivity index (χ3n) is 4.07. The summed E-state index contributed by atoms with van der Waals surface area (Å²) in [6, 6.07) is 3.45. The minimum absolute atomic E-state index is 0.105. The number of carboxylic acid groups (broad SMARTS) is 1. The number of aryl methyl sites for hydroxylation is 2. The van der Waals surface area contributed by atoms with Crippen LogP contribution in [0, 0.1) is 13.8 Å². The van der Waals surface area contributed by atoms with Crippen LogP contribution in [0.2, 0.25) is 0 Å². The zero-order valence-corrected chi connectivity index (χ0v) is 14.4. The van der Waals surface area contributed by atoms with Crippen LogP contribution in [-0.2, 0) is 6.54 Å². The monoisotopic (exact) mass is 333 g/mol. The fourth-order valence-corrected chi connectivity index (χ4v) is 2.70. The van der Waals surface area contributed by atoms with Gasteiger partial charge in [-0.2, -0.15) is 5.10 Å². The predicted octanol–water partition coefficient (Wildman–Crippen LogP) is 3.08. The number of aromatic carboxylic acids is 1. The number of amides is 1. The van der Waals surface area contributed by atoms with E-state index in [9.17, 15) is 9.59 Å². The maximum Gasteiger partial charge on any atom is 0.339 e. The Labute approximate surface area is 140 Å². The second-order valence-corrected chi connectivity index (χ2v) is 5.76. The molecule has 0 bridgehead atoms. The normalized spacial score (nSPS) is 11.0. The Hall–Kier alpha value is -2.57. The fourth-order valence-electron chi connectivity index (χ4n) is 2.70. The Morgan fingerprint density at radius 2 is 1.96 bits per heavy atom. The van der Waals surface area contributed by atoms with E-state index in [1.807, 2.05) is 11.6 Å². The Morgan fingerprint density at radius 3 is 2.50 bits per heavy atom. The molecule has 0 atom stereocenters. The van der Waals surface area contributed by atoms with E-state index in [-0.39, 0.29) is 24.1 Å². The first-order valence-corrected chi connectivity index (χ1v) is 8.04. The molecule has 0 aliphatic rings. The fraction of sp³-hybridized carbons (Fsp3) is 0.471. The summed E-state index contributed by atoms with van der Waals surface area (Å²) in [5.41, 5.74) is 1.39. The lowest BCUT2D eigenvalue weighted by Gasteiger charge is -2.14. The maximum atomic E-state index is 12.3. The smallest absolute Gasteiger partial charge is 0.339 e. The molecule has 0 aromatic carbocycles. The molecule has 7 nitrogen and oxygen atoms in total. The van der Waals surface area contributed by atoms with Crippen molar-refractivity contribution in [1.29, 1.82) is 0 Å². The summed E-state index contributed by atoms with van der Waals surface area (Å²) in [6.07, 6.45) is 1.90. The average Bonchev–Trinajstić information content (AvgIpc) is 3.10. The average molecular weight is 333 g/mol. The quantitative estimate of drug-likeness (QED) is 0.811. The molecule has 130 valence electrons. The van der Waals surface area contributed by atoms with Crippen LogP contribution in [0.25, 0.3) is 0 Å². The van der Waals surface area contributed by atoms with Gasteiger partial charge in [-0.15, -0.1) is 0 Å². The number of carbonyl (C=O) groups is 2. The van der Waals surface area contributed by atoms with E-state index in [2.05, 4.69) is 24.3 Å². The number of carboxylic acids is 1. The topological polar surface area (TPSA) is 97.4 Å². The number of nitrogens with one attached hydrogen (secondary N) is 1. The summed E-state index contributed by atoms with van der Waals surface area (Å²) >= 11 is 0. The standard InChI is InChI=1S/C17H23N3O4/c1-5-12(6-2)20-10(3)7-15(19-20)16(21)18-9-13-8-14(17(22)23)11(4)24-13/h7-8,12H,5-6,9H2,1-4H3,(H,18,21)(H,22,23). The van der Waals surface area contributed by atoms with Crippen LogP contribution in [0.1, 0.15) is 70.8 Å². The molecule has 0 aliphatic carbocycles. The van der Waals surface area contributed by atoms with E-state index in [1.165, 1.54) is 6.07 Å². The molecule has 0 unspecified atom stereocenters. The van der Waals surface area contributed by atoms with Gasteiger partial charge in [0.15, 0.2) is 0 Å². The molecule has 0 spiro atoms. The summed E-state index contributed by atoms with van der Waals surface area (Å²) in [7, 11) is 0. The number of hydrogen-bond donors (Lipinski definition) is 2. The van der Waals surface area contributed by atoms with Crippen molar-refractivity contribution in [1.82, 2.24) is 15.1 Å². The molecule has 2 aromatic rings. The highest BCUT2D eigenvalue weighted by atomic mass is 16.4. The van der Waals surface area contributed by atoms with Crippen molar-refractivity contribution in [2.24, 2.45) is 0 Å². The van der Waals surface area contributed by atoms with Crippen LogP contribution in [0.5, 0.6) is 0 Å². The molecule has 0 aliphatic heterocycles. The van der Waals surface area contributed by atoms with Crippen molar-refractivity contribution in [3.05, 3.63) is 40.6 Å². The minimum Gasteiger partial charge on any atom is -0.478 e. The zero-order chi connectivity index (χ0) is 17.9. The molecule has 0 saturated heterocycles. The first-order valence-electron chi connectivity index (χ1n) is 8.04. The minimum atomic E-state index is -1.05. The van der Waals surface area contributed by atoms with E-state index < -0.39 is 5.97 Å². The van der Waals surface area contributed by atoms with Gasteiger partial charge in [0.1, 0.15) is 22.8 Å². The third-order valence-corrected chi connectivity index (χ3v) is 4.07. The molecule has 0 saturated carbocycles. The lowest BCUT2D eigenvalue weighted by molar-refractivity contribution is 0.0694. The van der Waals surface area contributed by atoms with E-state index in [0.29, 0.717) is 17.2 Å². The number of nitrogens with zero attached hydrogens (tertiary/aromatic N) is 2. The van der Waals surface area contributed by atoms with Crippen LogP contribution in [0.15, 0.2) is 16.5 Å². The third kappa shape index (κ3) is 3.67. The van der Waals surface area contributed by atoms with Gasteiger partial charge in [0.2, 0.25) is 0 Å². The molecular weight excluding hydrogens is 310 g/mol. The highest BCUT2D eigenvalue weighted by molar-refractivity contribution is 5.92. The highest BCUT2D eigenvalue weighted by Gasteiger charge is 2.18. The van der Waals surface area contributed by atoms with Gasteiger partial charge in [-0.1, -0.05) is 13.8 Å². The molecule has 2 aromatic heterocycles. The van der Waals surface area contributed by atoms with Crippen molar-refractivity contribution >= 4 is 11.9 Å². The summed E-state index contributed by atoms with van der Waals surface area (Å²) in [5, 5.41) is 16.1. The number of furan rings is 1. The summed E-state index contributed by atoms with van der Waals surface area (Å²) in [6.45, 7) is 7.80. The van der Waals surface area contributed by atoms with Gasteiger partial charge in [-0.05, 0) is 38.8 Å². The van der Waals surface area contributed by atoms with Gasteiger partial charge in [-0.3, -0.25) is 9.48 Å². The Bertz CT molecular complexity index is 741. The lowest BCUT2D eigenvalue weighted by Crippen LogP contribution is -2.23. The first-order chi connectivity index (χ1) is 11.4. The van der Waals surface area contributed by atoms with Gasteiger partial charge in [0.25, 0.3) is 5.91 Å². The maximum absolute atomic E-state index is 12.3. The van der Waals surface area contributed by atoms with Crippen molar-refractivity contribution < 1.29 is 19.1 Å². The molecule has 1 amide bonds. The predicted molar refractivity (Wildman–Crippen MR) is 88.2 cm³/mol. The molecule has 2 heterocycles. The van der Waals surface area contributed by atoms with Crippen LogP contribution in [-0.4, -0.2) is 26.8 Å². The second kappa shape index (κ2) is 7.33. The Balaban J connectivity index is 2.06. The second-order valence-electron chi connectivity index (χ2n) is 5.76. The van der Waals surface area contributed by atoms with E-state index in [0.717, 1.165) is 18.5 Å². The summed E-state index contributed by atoms with van der Waals surface area (Å²) in [4.78, 5) is 23.3. The van der Waals surface area contributed by atoms with Crippen molar-refractivity contribution in [2.45, 2.75) is 53.1 Å². The van der Waals surface area contributed by atoms with Crippen LogP contribution >= 0.6 is 0 Å². The molecule has 0 radical (unpaired) electrons. The SMILES string of the molecule is CCC(CC)n1nc(C(=O)NCc2cc(C(=O)O)c(C)o2)cc1C. The van der Waals surface area contributed by atoms with Crippen molar-refractivity contribution in [3.8, 4) is 0 Å². The summed E-state index contributed by atoms with van der Waals surface area (Å²) < 4.78 is 7.23. The van der Waals surface area contributed by atoms with E-state index in [4.69, 9.17) is 9.52 Å². The van der Waals surface area contributed by atoms with Crippen LogP contribution in [0.3, 0.4) is 0 Å². The first kappa shape index (κ1) is 17.8. The van der Waals surface area contributed by atoms with Crippen LogP contribution in [0.4, 0.5) is 0 Å². The molecule has 7 heteroatoms. The zero-order valence-electron chi connectivity index (χ0n) is 14.4.